The van der Waals surface area contributed by atoms with E-state index in [-0.39, 0.29) is 23.5 Å². The SMILES string of the molecule is C[C@@H]1CN(C(=O)CCNCc2cn[nH]c2C(C)(C)C)C[C@@H](C)O1. The number of nitrogens with zero attached hydrogens (tertiary/aromatic N) is 2. The van der Waals surface area contributed by atoms with Crippen LogP contribution in [0.25, 0.3) is 0 Å². The summed E-state index contributed by atoms with van der Waals surface area (Å²) in [5, 5.41) is 10.6. The number of hydrogen-bond donors (Lipinski definition) is 2. The second kappa shape index (κ2) is 7.45. The van der Waals surface area contributed by atoms with Crippen LogP contribution >= 0.6 is 0 Å². The summed E-state index contributed by atoms with van der Waals surface area (Å²) >= 11 is 0. The standard InChI is InChI=1S/C17H30N4O2/c1-12-10-21(11-13(2)23-12)15(22)6-7-18-8-14-9-19-20-16(14)17(3,4)5/h9,12-13,18H,6-8,10-11H2,1-5H3,(H,19,20)/t12-,13-/m1/s1. The molecular weight excluding hydrogens is 292 g/mol. The second-order valence-electron chi connectivity index (χ2n) is 7.50. The van der Waals surface area contributed by atoms with Gasteiger partial charge < -0.3 is 15.0 Å². The molecule has 6 nitrogen and oxygen atoms in total. The lowest BCUT2D eigenvalue weighted by Gasteiger charge is -2.35. The molecule has 1 aromatic heterocycles. The maximum absolute atomic E-state index is 12.3. The molecule has 1 aromatic rings. The Morgan fingerprint density at radius 1 is 1.39 bits per heavy atom. The van der Waals surface area contributed by atoms with Crippen molar-refractivity contribution in [2.45, 2.75) is 65.2 Å². The summed E-state index contributed by atoms with van der Waals surface area (Å²) in [5.41, 5.74) is 2.36. The van der Waals surface area contributed by atoms with Gasteiger partial charge >= 0.3 is 0 Å². The molecule has 0 saturated carbocycles. The third-order valence-electron chi connectivity index (χ3n) is 4.07. The number of H-pyrrole nitrogens is 1. The molecule has 0 radical (unpaired) electrons. The first-order valence-corrected chi connectivity index (χ1v) is 8.44. The largest absolute Gasteiger partial charge is 0.372 e. The number of carbonyl (C=O) groups is 1. The van der Waals surface area contributed by atoms with E-state index in [1.54, 1.807) is 0 Å². The Morgan fingerprint density at radius 3 is 2.65 bits per heavy atom. The van der Waals surface area contributed by atoms with E-state index in [9.17, 15) is 4.79 Å². The zero-order chi connectivity index (χ0) is 17.0. The van der Waals surface area contributed by atoms with E-state index in [1.807, 2.05) is 24.9 Å². The molecule has 23 heavy (non-hydrogen) atoms. The van der Waals surface area contributed by atoms with Crippen LogP contribution in [0.3, 0.4) is 0 Å². The highest BCUT2D eigenvalue weighted by molar-refractivity contribution is 5.76. The maximum Gasteiger partial charge on any atom is 0.224 e. The molecule has 0 unspecified atom stereocenters. The number of carbonyl (C=O) groups excluding carboxylic acids is 1. The van der Waals surface area contributed by atoms with Crippen molar-refractivity contribution in [3.8, 4) is 0 Å². The van der Waals surface area contributed by atoms with Crippen molar-refractivity contribution in [3.05, 3.63) is 17.5 Å². The molecule has 1 aliphatic rings. The van der Waals surface area contributed by atoms with Crippen LogP contribution in [0, 0.1) is 0 Å². The van der Waals surface area contributed by atoms with Crippen LogP contribution in [-0.2, 0) is 21.5 Å². The van der Waals surface area contributed by atoms with Crippen molar-refractivity contribution in [1.82, 2.24) is 20.4 Å². The number of hydrogen-bond acceptors (Lipinski definition) is 4. The Hall–Kier alpha value is -1.40. The fraction of sp³-hybridized carbons (Fsp3) is 0.765. The Balaban J connectivity index is 1.75. The molecule has 0 bridgehead atoms. The quantitative estimate of drug-likeness (QED) is 0.811. The van der Waals surface area contributed by atoms with E-state index in [0.717, 1.165) is 12.2 Å². The van der Waals surface area contributed by atoms with E-state index in [2.05, 4.69) is 36.3 Å². The molecule has 2 rings (SSSR count). The molecule has 2 atom stereocenters. The molecule has 2 N–H and O–H groups in total. The number of rotatable bonds is 5. The highest BCUT2D eigenvalue weighted by atomic mass is 16.5. The number of amides is 1. The predicted octanol–water partition coefficient (Wildman–Crippen LogP) is 1.82. The Bertz CT molecular complexity index is 511. The zero-order valence-corrected chi connectivity index (χ0v) is 15.0. The van der Waals surface area contributed by atoms with Crippen molar-refractivity contribution < 1.29 is 9.53 Å². The van der Waals surface area contributed by atoms with Crippen LogP contribution in [0.2, 0.25) is 0 Å². The maximum atomic E-state index is 12.3. The summed E-state index contributed by atoms with van der Waals surface area (Å²) in [6.07, 6.45) is 2.62. The van der Waals surface area contributed by atoms with Gasteiger partial charge in [0.2, 0.25) is 5.91 Å². The normalized spacial score (nSPS) is 22.4. The molecular formula is C17H30N4O2. The van der Waals surface area contributed by atoms with E-state index in [4.69, 9.17) is 4.74 Å². The van der Waals surface area contributed by atoms with Crippen LogP contribution < -0.4 is 5.32 Å². The van der Waals surface area contributed by atoms with E-state index in [0.29, 0.717) is 26.1 Å². The lowest BCUT2D eigenvalue weighted by Crippen LogP contribution is -2.48. The fourth-order valence-corrected chi connectivity index (χ4v) is 3.05. The Morgan fingerprint density at radius 2 is 2.04 bits per heavy atom. The molecule has 0 aliphatic carbocycles. The molecule has 1 amide bonds. The minimum atomic E-state index is 0.0451. The average Bonchev–Trinajstić information content (AvgIpc) is 2.90. The minimum absolute atomic E-state index is 0.0451. The van der Waals surface area contributed by atoms with Crippen molar-refractivity contribution >= 4 is 5.91 Å². The van der Waals surface area contributed by atoms with Gasteiger partial charge in [-0.1, -0.05) is 20.8 Å². The molecule has 6 heteroatoms. The smallest absolute Gasteiger partial charge is 0.224 e. The molecule has 130 valence electrons. The van der Waals surface area contributed by atoms with Crippen molar-refractivity contribution in [1.29, 1.82) is 0 Å². The van der Waals surface area contributed by atoms with Gasteiger partial charge in [0.25, 0.3) is 0 Å². The highest BCUT2D eigenvalue weighted by Crippen LogP contribution is 2.23. The Kier molecular flexibility index (Phi) is 5.81. The van der Waals surface area contributed by atoms with Crippen LogP contribution in [0.5, 0.6) is 0 Å². The summed E-state index contributed by atoms with van der Waals surface area (Å²) < 4.78 is 5.67. The summed E-state index contributed by atoms with van der Waals surface area (Å²) in [6.45, 7) is 13.3. The van der Waals surface area contributed by atoms with Gasteiger partial charge in [0.1, 0.15) is 0 Å². The number of morpholine rings is 1. The molecule has 0 aromatic carbocycles. The first kappa shape index (κ1) is 17.9. The lowest BCUT2D eigenvalue weighted by molar-refractivity contribution is -0.143. The average molecular weight is 322 g/mol. The van der Waals surface area contributed by atoms with Gasteiger partial charge in [0, 0.05) is 49.3 Å². The van der Waals surface area contributed by atoms with Crippen LogP contribution in [0.1, 0.15) is 52.3 Å². The van der Waals surface area contributed by atoms with Gasteiger partial charge in [-0.2, -0.15) is 5.10 Å². The fourth-order valence-electron chi connectivity index (χ4n) is 3.05. The summed E-state index contributed by atoms with van der Waals surface area (Å²) in [4.78, 5) is 14.2. The zero-order valence-electron chi connectivity index (χ0n) is 15.0. The van der Waals surface area contributed by atoms with E-state index >= 15 is 0 Å². The van der Waals surface area contributed by atoms with Gasteiger partial charge in [-0.25, -0.2) is 0 Å². The van der Waals surface area contributed by atoms with E-state index in [1.165, 1.54) is 5.56 Å². The first-order chi connectivity index (χ1) is 10.8. The lowest BCUT2D eigenvalue weighted by atomic mass is 9.89. The topological polar surface area (TPSA) is 70.2 Å². The predicted molar refractivity (Wildman–Crippen MR) is 90.2 cm³/mol. The third kappa shape index (κ3) is 5.04. The first-order valence-electron chi connectivity index (χ1n) is 8.44. The van der Waals surface area contributed by atoms with Gasteiger partial charge in [0.15, 0.2) is 0 Å². The van der Waals surface area contributed by atoms with Crippen molar-refractivity contribution in [2.24, 2.45) is 0 Å². The molecule has 1 aliphatic heterocycles. The monoisotopic (exact) mass is 322 g/mol. The Labute approximate surface area is 139 Å². The summed E-state index contributed by atoms with van der Waals surface area (Å²) in [7, 11) is 0. The minimum Gasteiger partial charge on any atom is -0.372 e. The number of aromatic nitrogens is 2. The number of nitrogens with one attached hydrogen (secondary N) is 2. The highest BCUT2D eigenvalue weighted by Gasteiger charge is 2.25. The second-order valence-corrected chi connectivity index (χ2v) is 7.50. The van der Waals surface area contributed by atoms with Crippen molar-refractivity contribution in [2.75, 3.05) is 19.6 Å². The van der Waals surface area contributed by atoms with Gasteiger partial charge in [-0.15, -0.1) is 0 Å². The molecule has 0 spiro atoms. The van der Waals surface area contributed by atoms with Gasteiger partial charge in [-0.05, 0) is 13.8 Å². The van der Waals surface area contributed by atoms with E-state index < -0.39 is 0 Å². The molecule has 2 heterocycles. The third-order valence-corrected chi connectivity index (χ3v) is 4.07. The van der Waals surface area contributed by atoms with Crippen LogP contribution in [0.4, 0.5) is 0 Å². The summed E-state index contributed by atoms with van der Waals surface area (Å²) in [5.74, 6) is 0.197. The van der Waals surface area contributed by atoms with Crippen LogP contribution in [-0.4, -0.2) is 52.8 Å². The van der Waals surface area contributed by atoms with Crippen LogP contribution in [0.15, 0.2) is 6.20 Å². The molecule has 1 saturated heterocycles. The summed E-state index contributed by atoms with van der Waals surface area (Å²) in [6, 6.07) is 0. The van der Waals surface area contributed by atoms with Gasteiger partial charge in [-0.3, -0.25) is 9.89 Å². The van der Waals surface area contributed by atoms with Gasteiger partial charge in [0.05, 0.1) is 18.4 Å². The molecule has 1 fully saturated rings. The number of ether oxygens (including phenoxy) is 1. The number of aromatic amines is 1. The van der Waals surface area contributed by atoms with Crippen molar-refractivity contribution in [3.63, 3.8) is 0 Å².